The van der Waals surface area contributed by atoms with Gasteiger partial charge in [0.15, 0.2) is 0 Å². The molecule has 2 aromatic heterocycles. The van der Waals surface area contributed by atoms with Crippen LogP contribution >= 0.6 is 11.8 Å². The minimum atomic E-state index is 0.455. The van der Waals surface area contributed by atoms with Crippen molar-refractivity contribution < 1.29 is 9.15 Å². The van der Waals surface area contributed by atoms with E-state index in [2.05, 4.69) is 15.2 Å². The van der Waals surface area contributed by atoms with Crippen molar-refractivity contribution in [2.75, 3.05) is 7.11 Å². The number of hydrogen-bond donors (Lipinski definition) is 0. The van der Waals surface area contributed by atoms with Crippen LogP contribution in [-0.4, -0.2) is 22.3 Å². The zero-order valence-corrected chi connectivity index (χ0v) is 12.2. The predicted octanol–water partition coefficient (Wildman–Crippen LogP) is 3.43. The molecule has 0 bridgehead atoms. The summed E-state index contributed by atoms with van der Waals surface area (Å²) in [7, 11) is 1.62. The number of pyridine rings is 1. The maximum absolute atomic E-state index is 5.67. The third-order valence-electron chi connectivity index (χ3n) is 2.81. The van der Waals surface area contributed by atoms with E-state index < -0.39 is 0 Å². The van der Waals surface area contributed by atoms with Gasteiger partial charge in [0.1, 0.15) is 5.75 Å². The van der Waals surface area contributed by atoms with Gasteiger partial charge in [0.05, 0.1) is 18.4 Å². The Morgan fingerprint density at radius 3 is 2.76 bits per heavy atom. The Kier molecular flexibility index (Phi) is 4.16. The van der Waals surface area contributed by atoms with Crippen molar-refractivity contribution in [3.8, 4) is 17.2 Å². The van der Waals surface area contributed by atoms with Crippen LogP contribution in [0.5, 0.6) is 5.75 Å². The zero-order chi connectivity index (χ0) is 14.5. The molecule has 6 heteroatoms. The molecule has 0 aliphatic carbocycles. The minimum absolute atomic E-state index is 0.455. The van der Waals surface area contributed by atoms with Gasteiger partial charge in [0.2, 0.25) is 0 Å². The van der Waals surface area contributed by atoms with Gasteiger partial charge in [-0.25, -0.2) is 0 Å². The third-order valence-corrected chi connectivity index (χ3v) is 3.67. The van der Waals surface area contributed by atoms with Crippen LogP contribution in [0.25, 0.3) is 11.5 Å². The van der Waals surface area contributed by atoms with Gasteiger partial charge >= 0.3 is 0 Å². The summed E-state index contributed by atoms with van der Waals surface area (Å²) in [5.74, 6) is 1.85. The van der Waals surface area contributed by atoms with Crippen LogP contribution in [0.1, 0.15) is 5.69 Å². The molecule has 5 nitrogen and oxygen atoms in total. The van der Waals surface area contributed by atoms with E-state index in [1.807, 2.05) is 42.5 Å². The standard InChI is InChI=1S/C15H13N3O2S/c1-19-13-8-3-2-7-12(13)14-17-18-15(20-14)21-10-11-6-4-5-9-16-11/h2-9H,10H2,1H3. The van der Waals surface area contributed by atoms with Gasteiger partial charge in [-0.3, -0.25) is 4.98 Å². The van der Waals surface area contributed by atoms with Crippen molar-refractivity contribution in [3.63, 3.8) is 0 Å². The molecule has 0 saturated carbocycles. The summed E-state index contributed by atoms with van der Waals surface area (Å²) in [5, 5.41) is 8.63. The highest BCUT2D eigenvalue weighted by atomic mass is 32.2. The number of ether oxygens (including phenoxy) is 1. The van der Waals surface area contributed by atoms with Crippen molar-refractivity contribution in [3.05, 3.63) is 54.4 Å². The van der Waals surface area contributed by atoms with Crippen LogP contribution in [0, 0.1) is 0 Å². The molecule has 3 aromatic rings. The summed E-state index contributed by atoms with van der Waals surface area (Å²) in [6, 6.07) is 13.4. The first-order valence-corrected chi connectivity index (χ1v) is 7.35. The van der Waals surface area contributed by atoms with E-state index in [4.69, 9.17) is 9.15 Å². The first-order valence-electron chi connectivity index (χ1n) is 6.36. The number of rotatable bonds is 5. The van der Waals surface area contributed by atoms with Gasteiger partial charge in [-0.2, -0.15) is 0 Å². The van der Waals surface area contributed by atoms with E-state index in [1.54, 1.807) is 13.3 Å². The molecule has 0 saturated heterocycles. The Balaban J connectivity index is 1.74. The van der Waals surface area contributed by atoms with Crippen LogP contribution in [0.2, 0.25) is 0 Å². The van der Waals surface area contributed by atoms with E-state index in [0.29, 0.717) is 22.6 Å². The molecule has 0 amide bonds. The van der Waals surface area contributed by atoms with E-state index in [-0.39, 0.29) is 0 Å². The van der Waals surface area contributed by atoms with Crippen LogP contribution in [0.3, 0.4) is 0 Å². The summed E-state index contributed by atoms with van der Waals surface area (Å²) in [5.41, 5.74) is 1.76. The van der Waals surface area contributed by atoms with Crippen LogP contribution < -0.4 is 4.74 Å². The van der Waals surface area contributed by atoms with Gasteiger partial charge in [0, 0.05) is 11.9 Å². The molecule has 106 valence electrons. The number of nitrogens with zero attached hydrogens (tertiary/aromatic N) is 3. The minimum Gasteiger partial charge on any atom is -0.496 e. The van der Waals surface area contributed by atoms with Crippen molar-refractivity contribution in [1.29, 1.82) is 0 Å². The number of methoxy groups -OCH3 is 1. The molecule has 1 aromatic carbocycles. The fourth-order valence-electron chi connectivity index (χ4n) is 1.82. The lowest BCUT2D eigenvalue weighted by Gasteiger charge is -2.03. The van der Waals surface area contributed by atoms with E-state index >= 15 is 0 Å². The van der Waals surface area contributed by atoms with Crippen molar-refractivity contribution >= 4 is 11.8 Å². The number of para-hydroxylation sites is 1. The molecule has 0 aliphatic heterocycles. The van der Waals surface area contributed by atoms with E-state index in [0.717, 1.165) is 11.3 Å². The molecular weight excluding hydrogens is 286 g/mol. The second kappa shape index (κ2) is 6.41. The Bertz CT molecular complexity index is 716. The smallest absolute Gasteiger partial charge is 0.277 e. The Morgan fingerprint density at radius 1 is 1.10 bits per heavy atom. The third kappa shape index (κ3) is 3.22. The Hall–Kier alpha value is -2.34. The zero-order valence-electron chi connectivity index (χ0n) is 11.4. The number of hydrogen-bond acceptors (Lipinski definition) is 6. The topological polar surface area (TPSA) is 61.0 Å². The fourth-order valence-corrected chi connectivity index (χ4v) is 2.50. The molecule has 0 atom stereocenters. The molecule has 2 heterocycles. The highest BCUT2D eigenvalue weighted by Crippen LogP contribution is 2.30. The Labute approximate surface area is 126 Å². The van der Waals surface area contributed by atoms with Crippen LogP contribution in [0.15, 0.2) is 58.3 Å². The van der Waals surface area contributed by atoms with Crippen LogP contribution in [0.4, 0.5) is 0 Å². The first kappa shape index (κ1) is 13.6. The molecule has 0 N–H and O–H groups in total. The summed E-state index contributed by atoms with van der Waals surface area (Å²) in [6.07, 6.45) is 1.77. The molecule has 0 unspecified atom stereocenters. The summed E-state index contributed by atoms with van der Waals surface area (Å²) < 4.78 is 11.0. The summed E-state index contributed by atoms with van der Waals surface area (Å²) in [6.45, 7) is 0. The van der Waals surface area contributed by atoms with Gasteiger partial charge in [-0.05, 0) is 24.3 Å². The quantitative estimate of drug-likeness (QED) is 0.673. The number of aromatic nitrogens is 3. The highest BCUT2D eigenvalue weighted by Gasteiger charge is 2.13. The Morgan fingerprint density at radius 2 is 1.95 bits per heavy atom. The van der Waals surface area contributed by atoms with Crippen molar-refractivity contribution in [1.82, 2.24) is 15.2 Å². The molecule has 0 aliphatic rings. The average Bonchev–Trinajstić information content (AvgIpc) is 3.02. The van der Waals surface area contributed by atoms with E-state index in [1.165, 1.54) is 11.8 Å². The normalized spacial score (nSPS) is 10.5. The number of benzene rings is 1. The SMILES string of the molecule is COc1ccccc1-c1nnc(SCc2ccccn2)o1. The van der Waals surface area contributed by atoms with Gasteiger partial charge in [-0.15, -0.1) is 10.2 Å². The van der Waals surface area contributed by atoms with Gasteiger partial charge < -0.3 is 9.15 Å². The van der Waals surface area contributed by atoms with Gasteiger partial charge in [0.25, 0.3) is 11.1 Å². The summed E-state index contributed by atoms with van der Waals surface area (Å²) in [4.78, 5) is 4.26. The highest BCUT2D eigenvalue weighted by molar-refractivity contribution is 7.98. The van der Waals surface area contributed by atoms with Crippen molar-refractivity contribution in [2.45, 2.75) is 11.0 Å². The molecular formula is C15H13N3O2S. The lowest BCUT2D eigenvalue weighted by molar-refractivity contribution is 0.411. The molecule has 21 heavy (non-hydrogen) atoms. The lowest BCUT2D eigenvalue weighted by Crippen LogP contribution is -1.87. The first-order chi connectivity index (χ1) is 10.4. The fraction of sp³-hybridized carbons (Fsp3) is 0.133. The maximum Gasteiger partial charge on any atom is 0.277 e. The van der Waals surface area contributed by atoms with Crippen LogP contribution in [-0.2, 0) is 5.75 Å². The molecule has 0 spiro atoms. The van der Waals surface area contributed by atoms with Gasteiger partial charge in [-0.1, -0.05) is 30.0 Å². The average molecular weight is 299 g/mol. The molecule has 0 fully saturated rings. The summed E-state index contributed by atoms with van der Waals surface area (Å²) >= 11 is 1.46. The second-order valence-corrected chi connectivity index (χ2v) is 5.11. The monoisotopic (exact) mass is 299 g/mol. The van der Waals surface area contributed by atoms with Crippen molar-refractivity contribution in [2.24, 2.45) is 0 Å². The molecule has 0 radical (unpaired) electrons. The van der Waals surface area contributed by atoms with E-state index in [9.17, 15) is 0 Å². The largest absolute Gasteiger partial charge is 0.496 e. The lowest BCUT2D eigenvalue weighted by atomic mass is 10.2. The second-order valence-electron chi connectivity index (χ2n) is 4.18. The predicted molar refractivity (Wildman–Crippen MR) is 80.1 cm³/mol. The molecule has 3 rings (SSSR count). The maximum atomic E-state index is 5.67. The number of thioether (sulfide) groups is 1.